The molecular weight excluding hydrogens is 582 g/mol. The molecular formula is C34H36BrNO5. The molecule has 0 saturated carbocycles. The van der Waals surface area contributed by atoms with Gasteiger partial charge >= 0.3 is 6.09 Å². The van der Waals surface area contributed by atoms with E-state index < -0.39 is 23.8 Å². The molecule has 2 unspecified atom stereocenters. The molecule has 0 aliphatic rings. The van der Waals surface area contributed by atoms with Crippen LogP contribution in [0.4, 0.5) is 4.79 Å². The molecule has 0 fully saturated rings. The fraction of sp³-hybridized carbons (Fsp3) is 0.265. The van der Waals surface area contributed by atoms with Crippen molar-refractivity contribution in [2.45, 2.75) is 58.7 Å². The van der Waals surface area contributed by atoms with E-state index in [0.717, 1.165) is 26.9 Å². The maximum atomic E-state index is 12.8. The van der Waals surface area contributed by atoms with Crippen LogP contribution in [-0.4, -0.2) is 17.8 Å². The van der Waals surface area contributed by atoms with Gasteiger partial charge in [0.1, 0.15) is 42.2 Å². The highest BCUT2D eigenvalue weighted by molar-refractivity contribution is 9.10. The summed E-state index contributed by atoms with van der Waals surface area (Å²) in [5.74, 6) is 2.01. The second-order valence-electron chi connectivity index (χ2n) is 10.7. The zero-order valence-electron chi connectivity index (χ0n) is 23.8. The van der Waals surface area contributed by atoms with Crippen molar-refractivity contribution in [3.63, 3.8) is 0 Å². The Morgan fingerprint density at radius 1 is 0.780 bits per heavy atom. The third-order valence-corrected chi connectivity index (χ3v) is 6.75. The number of benzene rings is 4. The summed E-state index contributed by atoms with van der Waals surface area (Å²) in [6, 6.07) is 32.7. The second kappa shape index (κ2) is 14.1. The van der Waals surface area contributed by atoms with E-state index in [0.29, 0.717) is 24.7 Å². The van der Waals surface area contributed by atoms with E-state index >= 15 is 0 Å². The Morgan fingerprint density at radius 3 is 1.88 bits per heavy atom. The van der Waals surface area contributed by atoms with Crippen LogP contribution in [0.25, 0.3) is 0 Å². The maximum Gasteiger partial charge on any atom is 0.408 e. The van der Waals surface area contributed by atoms with E-state index in [1.807, 2.05) is 131 Å². The van der Waals surface area contributed by atoms with Crippen molar-refractivity contribution in [1.29, 1.82) is 0 Å². The molecule has 1 amide bonds. The van der Waals surface area contributed by atoms with Crippen LogP contribution in [0.2, 0.25) is 0 Å². The van der Waals surface area contributed by atoms with Gasteiger partial charge in [0.25, 0.3) is 0 Å². The predicted octanol–water partition coefficient (Wildman–Crippen LogP) is 8.64. The van der Waals surface area contributed by atoms with Crippen LogP contribution in [0.3, 0.4) is 0 Å². The zero-order chi connectivity index (χ0) is 29.2. The lowest BCUT2D eigenvalue weighted by atomic mass is 10.0. The average Bonchev–Trinajstić information content (AvgIpc) is 2.95. The van der Waals surface area contributed by atoms with Gasteiger partial charge in [-0.3, -0.25) is 0 Å². The number of halogens is 1. The van der Waals surface area contributed by atoms with Crippen LogP contribution in [0.15, 0.2) is 108 Å². The molecule has 0 spiro atoms. The summed E-state index contributed by atoms with van der Waals surface area (Å²) in [7, 11) is 0. The Bertz CT molecular complexity index is 1390. The highest BCUT2D eigenvalue weighted by Gasteiger charge is 2.27. The fourth-order valence-electron chi connectivity index (χ4n) is 4.09. The Labute approximate surface area is 250 Å². The van der Waals surface area contributed by atoms with Crippen molar-refractivity contribution < 1.29 is 23.7 Å². The first-order valence-electron chi connectivity index (χ1n) is 13.6. The van der Waals surface area contributed by atoms with Crippen molar-refractivity contribution in [2.24, 2.45) is 0 Å². The topological polar surface area (TPSA) is 66.0 Å². The van der Waals surface area contributed by atoms with Gasteiger partial charge in [0, 0.05) is 6.07 Å². The molecule has 0 radical (unpaired) electrons. The summed E-state index contributed by atoms with van der Waals surface area (Å²) < 4.78 is 24.7. The molecule has 4 aromatic rings. The number of nitrogens with one attached hydrogen (secondary N) is 1. The minimum atomic E-state index is -0.638. The van der Waals surface area contributed by atoms with E-state index in [9.17, 15) is 4.79 Å². The first-order chi connectivity index (χ1) is 19.7. The van der Waals surface area contributed by atoms with E-state index in [1.54, 1.807) is 0 Å². The van der Waals surface area contributed by atoms with Crippen LogP contribution in [-0.2, 0) is 18.0 Å². The van der Waals surface area contributed by atoms with Crippen molar-refractivity contribution >= 4 is 22.0 Å². The van der Waals surface area contributed by atoms with Gasteiger partial charge in [-0.1, -0.05) is 72.8 Å². The van der Waals surface area contributed by atoms with Gasteiger partial charge in [-0.2, -0.15) is 0 Å². The molecule has 4 rings (SSSR count). The van der Waals surface area contributed by atoms with E-state index in [4.69, 9.17) is 18.9 Å². The van der Waals surface area contributed by atoms with Crippen molar-refractivity contribution in [3.05, 3.63) is 124 Å². The Balaban J connectivity index is 1.49. The molecule has 0 aliphatic carbocycles. The highest BCUT2D eigenvalue weighted by atomic mass is 79.9. The zero-order valence-corrected chi connectivity index (χ0v) is 25.4. The predicted molar refractivity (Wildman–Crippen MR) is 164 cm³/mol. The van der Waals surface area contributed by atoms with Crippen molar-refractivity contribution in [1.82, 2.24) is 5.32 Å². The molecule has 0 aliphatic heterocycles. The van der Waals surface area contributed by atoms with Crippen molar-refractivity contribution in [3.8, 4) is 17.2 Å². The summed E-state index contributed by atoms with van der Waals surface area (Å²) in [4.78, 5) is 12.8. The number of carbonyl (C=O) groups is 1. The van der Waals surface area contributed by atoms with Crippen LogP contribution < -0.4 is 19.5 Å². The number of hydrogen-bond acceptors (Lipinski definition) is 5. The lowest BCUT2D eigenvalue weighted by Gasteiger charge is -2.28. The van der Waals surface area contributed by atoms with E-state index in [1.165, 1.54) is 0 Å². The van der Waals surface area contributed by atoms with Crippen LogP contribution in [0.5, 0.6) is 17.2 Å². The van der Waals surface area contributed by atoms with Crippen LogP contribution in [0, 0.1) is 0 Å². The normalized spacial score (nSPS) is 12.6. The van der Waals surface area contributed by atoms with Gasteiger partial charge < -0.3 is 24.3 Å². The molecule has 0 saturated heterocycles. The molecule has 0 bridgehead atoms. The van der Waals surface area contributed by atoms with E-state index in [2.05, 4.69) is 21.2 Å². The quantitative estimate of drug-likeness (QED) is 0.182. The summed E-state index contributed by atoms with van der Waals surface area (Å²) in [5.41, 5.74) is 2.37. The van der Waals surface area contributed by atoms with E-state index in [-0.39, 0.29) is 0 Å². The first-order valence-corrected chi connectivity index (χ1v) is 14.3. The number of amides is 1. The smallest absolute Gasteiger partial charge is 0.408 e. The Kier molecular flexibility index (Phi) is 10.3. The third kappa shape index (κ3) is 9.57. The lowest BCUT2D eigenvalue weighted by molar-refractivity contribution is 0.0452. The minimum Gasteiger partial charge on any atom is -0.489 e. The SMILES string of the molecule is CC(Oc1cc(OCc2ccccc2)ccc1Br)C(NC(=O)OC(C)(C)C)c1ccc(OCc2ccccc2)cc1. The van der Waals surface area contributed by atoms with Crippen molar-refractivity contribution in [2.75, 3.05) is 0 Å². The Hall–Kier alpha value is -3.97. The Morgan fingerprint density at radius 2 is 1.32 bits per heavy atom. The molecule has 214 valence electrons. The van der Waals surface area contributed by atoms with Gasteiger partial charge in [-0.05, 0) is 84.6 Å². The lowest BCUT2D eigenvalue weighted by Crippen LogP contribution is -2.40. The summed E-state index contributed by atoms with van der Waals surface area (Å²) in [6.07, 6.45) is -0.986. The molecule has 2 atom stereocenters. The molecule has 6 nitrogen and oxygen atoms in total. The number of hydrogen-bond donors (Lipinski definition) is 1. The monoisotopic (exact) mass is 617 g/mol. The van der Waals surface area contributed by atoms with Gasteiger partial charge in [0.2, 0.25) is 0 Å². The molecule has 1 N–H and O–H groups in total. The second-order valence-corrected chi connectivity index (χ2v) is 11.5. The number of alkyl carbamates (subject to hydrolysis) is 1. The summed E-state index contributed by atoms with van der Waals surface area (Å²) in [6.45, 7) is 8.32. The fourth-order valence-corrected chi connectivity index (χ4v) is 4.43. The molecule has 0 heterocycles. The highest BCUT2D eigenvalue weighted by Crippen LogP contribution is 2.33. The molecule has 7 heteroatoms. The number of ether oxygens (including phenoxy) is 4. The molecule has 4 aromatic carbocycles. The first kappa shape index (κ1) is 30.0. The van der Waals surface area contributed by atoms with Crippen LogP contribution >= 0.6 is 15.9 Å². The molecule has 0 aromatic heterocycles. The molecule has 41 heavy (non-hydrogen) atoms. The number of carbonyl (C=O) groups excluding carboxylic acids is 1. The average molecular weight is 619 g/mol. The van der Waals surface area contributed by atoms with Crippen LogP contribution in [0.1, 0.15) is 50.4 Å². The standard InChI is InChI=1S/C34H36BrNO5/c1-24(40-31-21-29(19-20-30(31)35)39-23-26-13-9-6-10-14-26)32(36-33(37)41-34(2,3)4)27-15-17-28(18-16-27)38-22-25-11-7-5-8-12-25/h5-21,24,32H,22-23H2,1-4H3,(H,36,37). The number of rotatable bonds is 11. The third-order valence-electron chi connectivity index (χ3n) is 6.09. The van der Waals surface area contributed by atoms with Gasteiger partial charge in [-0.25, -0.2) is 4.79 Å². The van der Waals surface area contributed by atoms with Gasteiger partial charge in [0.15, 0.2) is 0 Å². The van der Waals surface area contributed by atoms with Gasteiger partial charge in [0.05, 0.1) is 10.5 Å². The van der Waals surface area contributed by atoms with Gasteiger partial charge in [-0.15, -0.1) is 0 Å². The maximum absolute atomic E-state index is 12.8. The largest absolute Gasteiger partial charge is 0.489 e. The summed E-state index contributed by atoms with van der Waals surface area (Å²) in [5, 5.41) is 2.99. The summed E-state index contributed by atoms with van der Waals surface area (Å²) >= 11 is 3.59. The minimum absolute atomic E-state index is 0.443.